The van der Waals surface area contributed by atoms with Crippen molar-refractivity contribution in [3.63, 3.8) is 0 Å². The zero-order valence-electron chi connectivity index (χ0n) is 14.4. The van der Waals surface area contributed by atoms with E-state index in [2.05, 4.69) is 9.97 Å². The number of ether oxygens (including phenoxy) is 1. The first-order valence-electron chi connectivity index (χ1n) is 7.92. The van der Waals surface area contributed by atoms with Crippen LogP contribution in [0.3, 0.4) is 0 Å². The van der Waals surface area contributed by atoms with E-state index in [0.717, 1.165) is 24.4 Å². The van der Waals surface area contributed by atoms with E-state index in [1.54, 1.807) is 13.8 Å². The number of pyridine rings is 2. The zero-order valence-corrected chi connectivity index (χ0v) is 15.2. The minimum Gasteiger partial charge on any atom is -0.475 e. The molecule has 1 amide bonds. The molecule has 0 spiro atoms. The van der Waals surface area contributed by atoms with E-state index in [-0.39, 0.29) is 29.7 Å². The number of hydrogen-bond acceptors (Lipinski definition) is 4. The van der Waals surface area contributed by atoms with Crippen molar-refractivity contribution in [1.82, 2.24) is 14.9 Å². The van der Waals surface area contributed by atoms with Crippen LogP contribution in [0.2, 0.25) is 5.15 Å². The van der Waals surface area contributed by atoms with E-state index in [1.807, 2.05) is 0 Å². The van der Waals surface area contributed by atoms with Gasteiger partial charge in [0.2, 0.25) is 5.88 Å². The predicted octanol–water partition coefficient (Wildman–Crippen LogP) is 4.22. The molecule has 2 aromatic rings. The first-order chi connectivity index (χ1) is 12.6. The molecule has 0 N–H and O–H groups in total. The number of alkyl halides is 3. The van der Waals surface area contributed by atoms with Gasteiger partial charge in [-0.05, 0) is 26.0 Å². The standard InChI is InChI=1S/C17H16ClF4N3O2/c1-3-25(16(26)14-12(19)6-7-23-15(14)18)10(2)9-27-13-5-4-11(8-24-13)17(20,21)22/h4-8,10H,3,9H2,1-2H3/t10-/m0/s1. The highest BCUT2D eigenvalue weighted by Crippen LogP contribution is 2.29. The van der Waals surface area contributed by atoms with Gasteiger partial charge in [0.1, 0.15) is 23.1 Å². The fraction of sp³-hybridized carbons (Fsp3) is 0.353. The van der Waals surface area contributed by atoms with Gasteiger partial charge in [0, 0.05) is 25.0 Å². The topological polar surface area (TPSA) is 55.3 Å². The quantitative estimate of drug-likeness (QED) is 0.533. The number of amides is 1. The molecule has 27 heavy (non-hydrogen) atoms. The number of aromatic nitrogens is 2. The predicted molar refractivity (Wildman–Crippen MR) is 90.1 cm³/mol. The Hall–Kier alpha value is -2.42. The van der Waals surface area contributed by atoms with Crippen LogP contribution in [0.4, 0.5) is 17.6 Å². The van der Waals surface area contributed by atoms with Crippen molar-refractivity contribution < 1.29 is 27.1 Å². The summed E-state index contributed by atoms with van der Waals surface area (Å²) in [6.45, 7) is 3.51. The largest absolute Gasteiger partial charge is 0.475 e. The summed E-state index contributed by atoms with van der Waals surface area (Å²) in [5.41, 5.74) is -1.24. The molecule has 2 rings (SSSR count). The molecule has 0 unspecified atom stereocenters. The van der Waals surface area contributed by atoms with Crippen LogP contribution in [-0.4, -0.2) is 40.0 Å². The summed E-state index contributed by atoms with van der Waals surface area (Å²) in [6.07, 6.45) is -2.68. The molecule has 0 aliphatic carbocycles. The molecule has 5 nitrogen and oxygen atoms in total. The molecule has 1 atom stereocenters. The molecular formula is C17H16ClF4N3O2. The van der Waals surface area contributed by atoms with Crippen LogP contribution < -0.4 is 4.74 Å². The number of rotatable bonds is 6. The summed E-state index contributed by atoms with van der Waals surface area (Å²) in [4.78, 5) is 21.2. The first kappa shape index (κ1) is 20.9. The van der Waals surface area contributed by atoms with E-state index in [1.165, 1.54) is 4.90 Å². The molecule has 0 aliphatic heterocycles. The average molecular weight is 406 g/mol. The average Bonchev–Trinajstić information content (AvgIpc) is 2.60. The molecule has 2 aromatic heterocycles. The van der Waals surface area contributed by atoms with Crippen LogP contribution in [0.15, 0.2) is 30.6 Å². The molecule has 0 aromatic carbocycles. The van der Waals surface area contributed by atoms with E-state index < -0.39 is 29.5 Å². The summed E-state index contributed by atoms with van der Waals surface area (Å²) >= 11 is 5.82. The maximum atomic E-state index is 13.9. The summed E-state index contributed by atoms with van der Waals surface area (Å²) in [6, 6.07) is 2.44. The van der Waals surface area contributed by atoms with Crippen molar-refractivity contribution in [2.75, 3.05) is 13.2 Å². The third-order valence-electron chi connectivity index (χ3n) is 3.74. The second-order valence-electron chi connectivity index (χ2n) is 5.59. The van der Waals surface area contributed by atoms with Crippen LogP contribution in [0.25, 0.3) is 0 Å². The Morgan fingerprint density at radius 3 is 2.52 bits per heavy atom. The van der Waals surface area contributed by atoms with E-state index in [4.69, 9.17) is 16.3 Å². The van der Waals surface area contributed by atoms with Crippen molar-refractivity contribution in [2.24, 2.45) is 0 Å². The molecule has 0 aliphatic rings. The fourth-order valence-electron chi connectivity index (χ4n) is 2.33. The highest BCUT2D eigenvalue weighted by Gasteiger charge is 2.31. The van der Waals surface area contributed by atoms with Gasteiger partial charge < -0.3 is 9.64 Å². The Morgan fingerprint density at radius 1 is 1.30 bits per heavy atom. The lowest BCUT2D eigenvalue weighted by Crippen LogP contribution is -2.42. The Balaban J connectivity index is 2.07. The van der Waals surface area contributed by atoms with Crippen molar-refractivity contribution in [1.29, 1.82) is 0 Å². The molecular weight excluding hydrogens is 390 g/mol. The number of likely N-dealkylation sites (N-methyl/N-ethyl adjacent to an activating group) is 1. The smallest absolute Gasteiger partial charge is 0.417 e. The van der Waals surface area contributed by atoms with Gasteiger partial charge in [0.15, 0.2) is 0 Å². The van der Waals surface area contributed by atoms with Gasteiger partial charge in [-0.15, -0.1) is 0 Å². The SMILES string of the molecule is CCN(C(=O)c1c(F)ccnc1Cl)[C@@H](C)COc1ccc(C(F)(F)F)cn1. The van der Waals surface area contributed by atoms with E-state index in [9.17, 15) is 22.4 Å². The summed E-state index contributed by atoms with van der Waals surface area (Å²) in [7, 11) is 0. The van der Waals surface area contributed by atoms with Crippen LogP contribution in [0, 0.1) is 5.82 Å². The van der Waals surface area contributed by atoms with Gasteiger partial charge >= 0.3 is 6.18 Å². The molecule has 2 heterocycles. The van der Waals surface area contributed by atoms with Gasteiger partial charge in [0.05, 0.1) is 11.6 Å². The van der Waals surface area contributed by atoms with Gasteiger partial charge in [-0.1, -0.05) is 11.6 Å². The van der Waals surface area contributed by atoms with Gasteiger partial charge in [0.25, 0.3) is 5.91 Å². The highest BCUT2D eigenvalue weighted by molar-refractivity contribution is 6.32. The lowest BCUT2D eigenvalue weighted by atomic mass is 10.2. The summed E-state index contributed by atoms with van der Waals surface area (Å²) in [5, 5.41) is -0.254. The highest BCUT2D eigenvalue weighted by atomic mass is 35.5. The lowest BCUT2D eigenvalue weighted by molar-refractivity contribution is -0.137. The second kappa shape index (κ2) is 8.51. The second-order valence-corrected chi connectivity index (χ2v) is 5.95. The number of hydrogen-bond donors (Lipinski definition) is 0. The van der Waals surface area contributed by atoms with Crippen LogP contribution in [-0.2, 0) is 6.18 Å². The van der Waals surface area contributed by atoms with E-state index >= 15 is 0 Å². The molecule has 0 radical (unpaired) electrons. The molecule has 0 fully saturated rings. The van der Waals surface area contributed by atoms with Crippen molar-refractivity contribution in [3.05, 3.63) is 52.7 Å². The molecule has 0 saturated carbocycles. The summed E-state index contributed by atoms with van der Waals surface area (Å²) < 4.78 is 56.9. The zero-order chi connectivity index (χ0) is 20.2. The molecule has 146 valence electrons. The fourth-order valence-corrected chi connectivity index (χ4v) is 2.56. The number of nitrogens with zero attached hydrogens (tertiary/aromatic N) is 3. The Morgan fingerprint density at radius 2 is 2.00 bits per heavy atom. The lowest BCUT2D eigenvalue weighted by Gasteiger charge is -2.28. The van der Waals surface area contributed by atoms with Crippen LogP contribution in [0.5, 0.6) is 5.88 Å². The van der Waals surface area contributed by atoms with Crippen molar-refractivity contribution >= 4 is 17.5 Å². The normalized spacial score (nSPS) is 12.6. The Labute approximate surface area is 157 Å². The third-order valence-corrected chi connectivity index (χ3v) is 4.02. The minimum absolute atomic E-state index is 0.0241. The van der Waals surface area contributed by atoms with Crippen LogP contribution >= 0.6 is 11.6 Å². The maximum Gasteiger partial charge on any atom is 0.417 e. The van der Waals surface area contributed by atoms with Crippen molar-refractivity contribution in [2.45, 2.75) is 26.1 Å². The summed E-state index contributed by atoms with van der Waals surface area (Å²) in [5.74, 6) is -1.48. The number of halogens is 5. The maximum absolute atomic E-state index is 13.9. The van der Waals surface area contributed by atoms with Gasteiger partial charge in [-0.25, -0.2) is 14.4 Å². The van der Waals surface area contributed by atoms with Gasteiger partial charge in [-0.2, -0.15) is 13.2 Å². The Bertz CT molecular complexity index is 780. The van der Waals surface area contributed by atoms with Crippen LogP contribution in [0.1, 0.15) is 29.8 Å². The van der Waals surface area contributed by atoms with E-state index in [0.29, 0.717) is 6.20 Å². The minimum atomic E-state index is -4.49. The van der Waals surface area contributed by atoms with Gasteiger partial charge in [-0.3, -0.25) is 4.79 Å². The Kier molecular flexibility index (Phi) is 6.59. The monoisotopic (exact) mass is 405 g/mol. The molecule has 0 saturated heterocycles. The molecule has 0 bridgehead atoms. The number of carbonyl (C=O) groups excluding carboxylic acids is 1. The number of carbonyl (C=O) groups is 1. The first-order valence-corrected chi connectivity index (χ1v) is 8.30. The third kappa shape index (κ3) is 5.06. The van der Waals surface area contributed by atoms with Crippen molar-refractivity contribution in [3.8, 4) is 5.88 Å². The molecule has 10 heteroatoms.